The summed E-state index contributed by atoms with van der Waals surface area (Å²) in [5.74, 6) is 1.20. The molecule has 2 nitrogen and oxygen atoms in total. The third kappa shape index (κ3) is 4.35. The summed E-state index contributed by atoms with van der Waals surface area (Å²) < 4.78 is 5.35. The Balaban J connectivity index is 2.81. The second-order valence-electron chi connectivity index (χ2n) is 3.38. The number of thioether (sulfide) groups is 1. The van der Waals surface area contributed by atoms with E-state index in [1.165, 1.54) is 11.8 Å². The quantitative estimate of drug-likeness (QED) is 0.621. The lowest BCUT2D eigenvalue weighted by molar-refractivity contribution is 0.340. The molecule has 0 amide bonds. The molecule has 18 heavy (non-hydrogen) atoms. The number of hydrogen-bond donors (Lipinski definition) is 1. The molecule has 0 heterocycles. The molecular formula is C12H13Cl2NOS2. The highest BCUT2D eigenvalue weighted by atomic mass is 35.5. The molecule has 0 radical (unpaired) electrons. The zero-order valence-electron chi connectivity index (χ0n) is 9.83. The summed E-state index contributed by atoms with van der Waals surface area (Å²) >= 11 is 18.5. The van der Waals surface area contributed by atoms with Gasteiger partial charge in [0.15, 0.2) is 0 Å². The van der Waals surface area contributed by atoms with Gasteiger partial charge in [-0.15, -0.1) is 11.8 Å². The van der Waals surface area contributed by atoms with Gasteiger partial charge in [-0.25, -0.2) is 0 Å². The van der Waals surface area contributed by atoms with E-state index in [9.17, 15) is 0 Å². The monoisotopic (exact) mass is 321 g/mol. The summed E-state index contributed by atoms with van der Waals surface area (Å²) in [4.78, 5) is 0.958. The second kappa shape index (κ2) is 7.24. The molecule has 0 bridgehead atoms. The van der Waals surface area contributed by atoms with Crippen molar-refractivity contribution in [3.63, 3.8) is 0 Å². The molecule has 1 rings (SSSR count). The molecule has 6 heteroatoms. The first-order valence-electron chi connectivity index (χ1n) is 5.18. The Morgan fingerprint density at radius 3 is 2.67 bits per heavy atom. The highest BCUT2D eigenvalue weighted by Crippen LogP contribution is 2.34. The van der Waals surface area contributed by atoms with Crippen LogP contribution < -0.4 is 10.5 Å². The van der Waals surface area contributed by atoms with E-state index < -0.39 is 0 Å². The Hall–Kier alpha value is -0.420. The number of thiocarbonyl (C=S) groups is 1. The largest absolute Gasteiger partial charge is 0.492 e. The van der Waals surface area contributed by atoms with E-state index in [0.717, 1.165) is 5.56 Å². The zero-order valence-corrected chi connectivity index (χ0v) is 13.0. The van der Waals surface area contributed by atoms with Crippen molar-refractivity contribution in [3.05, 3.63) is 39.2 Å². The predicted molar refractivity (Wildman–Crippen MR) is 84.9 cm³/mol. The van der Waals surface area contributed by atoms with Gasteiger partial charge in [0.05, 0.1) is 11.6 Å². The summed E-state index contributed by atoms with van der Waals surface area (Å²) in [6, 6.07) is 3.50. The van der Waals surface area contributed by atoms with Crippen molar-refractivity contribution >= 4 is 52.2 Å². The summed E-state index contributed by atoms with van der Waals surface area (Å²) in [6.07, 6.45) is 0. The molecule has 0 fully saturated rings. The lowest BCUT2D eigenvalue weighted by Gasteiger charge is -2.10. The van der Waals surface area contributed by atoms with E-state index >= 15 is 0 Å². The Morgan fingerprint density at radius 1 is 1.44 bits per heavy atom. The Bertz CT molecular complexity index is 477. The average Bonchev–Trinajstić information content (AvgIpc) is 2.31. The van der Waals surface area contributed by atoms with Crippen LogP contribution in [-0.4, -0.2) is 11.6 Å². The molecule has 1 aromatic carbocycles. The van der Waals surface area contributed by atoms with Crippen LogP contribution in [0.4, 0.5) is 0 Å². The maximum absolute atomic E-state index is 6.15. The van der Waals surface area contributed by atoms with Gasteiger partial charge < -0.3 is 10.5 Å². The third-order valence-corrected chi connectivity index (χ3v) is 4.12. The van der Waals surface area contributed by atoms with Gasteiger partial charge >= 0.3 is 0 Å². The van der Waals surface area contributed by atoms with Crippen LogP contribution in [-0.2, 0) is 5.75 Å². The average molecular weight is 322 g/mol. The van der Waals surface area contributed by atoms with Crippen LogP contribution in [0.25, 0.3) is 0 Å². The fraction of sp³-hybridized carbons (Fsp3) is 0.250. The highest BCUT2D eigenvalue weighted by molar-refractivity contribution is 8.04. The van der Waals surface area contributed by atoms with Crippen LogP contribution in [0.3, 0.4) is 0 Å². The van der Waals surface area contributed by atoms with Gasteiger partial charge in [0.1, 0.15) is 10.7 Å². The first kappa shape index (κ1) is 15.6. The van der Waals surface area contributed by atoms with E-state index in [2.05, 4.69) is 6.58 Å². The van der Waals surface area contributed by atoms with Crippen LogP contribution in [0.1, 0.15) is 12.5 Å². The standard InChI is InChI=1S/C12H13Cl2NOS2/c1-3-16-11-5-9(13)8(4-10(11)14)6-18-7(2)12(15)17/h4-5H,2-3,6H2,1H3,(H2,15,17). The van der Waals surface area contributed by atoms with Crippen molar-refractivity contribution in [3.8, 4) is 5.75 Å². The Kier molecular flexibility index (Phi) is 6.29. The van der Waals surface area contributed by atoms with E-state index in [1.807, 2.05) is 6.92 Å². The first-order chi connectivity index (χ1) is 8.45. The number of rotatable bonds is 6. The minimum absolute atomic E-state index is 0.299. The van der Waals surface area contributed by atoms with E-state index in [0.29, 0.717) is 38.0 Å². The molecular weight excluding hydrogens is 309 g/mol. The molecule has 0 atom stereocenters. The van der Waals surface area contributed by atoms with Crippen molar-refractivity contribution < 1.29 is 4.74 Å². The van der Waals surface area contributed by atoms with Crippen molar-refractivity contribution in [1.29, 1.82) is 0 Å². The minimum Gasteiger partial charge on any atom is -0.492 e. The molecule has 0 spiro atoms. The number of hydrogen-bond acceptors (Lipinski definition) is 3. The Morgan fingerprint density at radius 2 is 2.11 bits per heavy atom. The highest BCUT2D eigenvalue weighted by Gasteiger charge is 2.09. The van der Waals surface area contributed by atoms with Gasteiger partial charge in [-0.3, -0.25) is 0 Å². The van der Waals surface area contributed by atoms with Crippen LogP contribution in [0.2, 0.25) is 10.0 Å². The molecule has 1 aromatic rings. The van der Waals surface area contributed by atoms with Gasteiger partial charge in [-0.2, -0.15) is 0 Å². The smallest absolute Gasteiger partial charge is 0.139 e. The fourth-order valence-electron chi connectivity index (χ4n) is 1.18. The number of halogens is 2. The zero-order chi connectivity index (χ0) is 13.7. The SMILES string of the molecule is C=C(SCc1cc(Cl)c(OCC)cc1Cl)C(N)=S. The molecule has 0 aliphatic rings. The fourth-order valence-corrected chi connectivity index (χ4v) is 2.61. The number of nitrogens with two attached hydrogens (primary N) is 1. The molecule has 0 aliphatic heterocycles. The van der Waals surface area contributed by atoms with Gasteiger partial charge in [0.2, 0.25) is 0 Å². The van der Waals surface area contributed by atoms with E-state index in [4.69, 9.17) is 45.9 Å². The van der Waals surface area contributed by atoms with Crippen LogP contribution in [0, 0.1) is 0 Å². The maximum atomic E-state index is 6.15. The third-order valence-electron chi connectivity index (χ3n) is 2.08. The molecule has 0 aromatic heterocycles. The van der Waals surface area contributed by atoms with Crippen molar-refractivity contribution in [2.24, 2.45) is 5.73 Å². The topological polar surface area (TPSA) is 35.2 Å². The summed E-state index contributed by atoms with van der Waals surface area (Å²) in [7, 11) is 0. The van der Waals surface area contributed by atoms with Crippen LogP contribution in [0.15, 0.2) is 23.6 Å². The van der Waals surface area contributed by atoms with Crippen LogP contribution >= 0.6 is 47.2 Å². The van der Waals surface area contributed by atoms with E-state index in [-0.39, 0.29) is 0 Å². The molecule has 0 aliphatic carbocycles. The molecule has 2 N–H and O–H groups in total. The van der Waals surface area contributed by atoms with Gasteiger partial charge in [0.25, 0.3) is 0 Å². The summed E-state index contributed by atoms with van der Waals surface area (Å²) in [5, 5.41) is 1.14. The maximum Gasteiger partial charge on any atom is 0.139 e. The molecule has 0 saturated carbocycles. The molecule has 0 unspecified atom stereocenters. The van der Waals surface area contributed by atoms with E-state index in [1.54, 1.807) is 12.1 Å². The Labute approximate surface area is 126 Å². The summed E-state index contributed by atoms with van der Waals surface area (Å²) in [5.41, 5.74) is 6.36. The van der Waals surface area contributed by atoms with Crippen molar-refractivity contribution in [1.82, 2.24) is 0 Å². The first-order valence-corrected chi connectivity index (χ1v) is 7.33. The lowest BCUT2D eigenvalue weighted by Crippen LogP contribution is -2.08. The van der Waals surface area contributed by atoms with Crippen molar-refractivity contribution in [2.45, 2.75) is 12.7 Å². The molecule has 98 valence electrons. The van der Waals surface area contributed by atoms with Crippen molar-refractivity contribution in [2.75, 3.05) is 6.61 Å². The van der Waals surface area contributed by atoms with Crippen LogP contribution in [0.5, 0.6) is 5.75 Å². The summed E-state index contributed by atoms with van der Waals surface area (Å²) in [6.45, 7) is 6.20. The molecule has 0 saturated heterocycles. The number of ether oxygens (including phenoxy) is 1. The normalized spacial score (nSPS) is 10.2. The van der Waals surface area contributed by atoms with Gasteiger partial charge in [-0.1, -0.05) is 42.0 Å². The predicted octanol–water partition coefficient (Wildman–Crippen LogP) is 4.43. The lowest BCUT2D eigenvalue weighted by atomic mass is 10.2. The second-order valence-corrected chi connectivity index (χ2v) is 5.71. The van der Waals surface area contributed by atoms with Gasteiger partial charge in [-0.05, 0) is 18.6 Å². The minimum atomic E-state index is 0.299. The van der Waals surface area contributed by atoms with Gasteiger partial charge in [0, 0.05) is 21.7 Å². The number of benzene rings is 1.